The SMILES string of the molecule is CCCCCCCCCCC(NN)c1cccnc1OC. The summed E-state index contributed by atoms with van der Waals surface area (Å²) in [5.74, 6) is 6.36. The summed E-state index contributed by atoms with van der Waals surface area (Å²) in [4.78, 5) is 4.23. The molecule has 0 aromatic carbocycles. The van der Waals surface area contributed by atoms with Gasteiger partial charge in [0.25, 0.3) is 0 Å². The Labute approximate surface area is 129 Å². The van der Waals surface area contributed by atoms with Crippen molar-refractivity contribution in [1.29, 1.82) is 0 Å². The van der Waals surface area contributed by atoms with Gasteiger partial charge >= 0.3 is 0 Å². The number of pyridine rings is 1. The second-order valence-electron chi connectivity index (χ2n) is 5.58. The van der Waals surface area contributed by atoms with Crippen LogP contribution < -0.4 is 16.0 Å². The normalized spacial score (nSPS) is 12.3. The molecule has 0 aliphatic heterocycles. The van der Waals surface area contributed by atoms with Crippen LogP contribution in [0.2, 0.25) is 0 Å². The van der Waals surface area contributed by atoms with Gasteiger partial charge in [0, 0.05) is 11.8 Å². The first-order chi connectivity index (χ1) is 10.3. The third-order valence-corrected chi connectivity index (χ3v) is 3.92. The summed E-state index contributed by atoms with van der Waals surface area (Å²) in [6.45, 7) is 2.26. The van der Waals surface area contributed by atoms with Crippen LogP contribution in [0.25, 0.3) is 0 Å². The van der Waals surface area contributed by atoms with Crippen molar-refractivity contribution in [3.05, 3.63) is 23.9 Å². The molecule has 0 saturated carbocycles. The van der Waals surface area contributed by atoms with E-state index in [1.54, 1.807) is 13.3 Å². The van der Waals surface area contributed by atoms with E-state index in [9.17, 15) is 0 Å². The summed E-state index contributed by atoms with van der Waals surface area (Å²) in [7, 11) is 1.65. The Morgan fingerprint density at radius 2 is 1.81 bits per heavy atom. The molecule has 0 bridgehead atoms. The molecule has 4 nitrogen and oxygen atoms in total. The van der Waals surface area contributed by atoms with Crippen LogP contribution in [-0.2, 0) is 0 Å². The molecule has 0 spiro atoms. The zero-order chi connectivity index (χ0) is 15.3. The minimum atomic E-state index is 0.119. The Bertz CT molecular complexity index is 371. The fourth-order valence-corrected chi connectivity index (χ4v) is 2.65. The first-order valence-electron chi connectivity index (χ1n) is 8.28. The average molecular weight is 293 g/mol. The Hall–Kier alpha value is -1.13. The number of nitrogens with zero attached hydrogens (tertiary/aromatic N) is 1. The quantitative estimate of drug-likeness (QED) is 0.346. The van der Waals surface area contributed by atoms with Crippen LogP contribution in [0.3, 0.4) is 0 Å². The van der Waals surface area contributed by atoms with E-state index in [1.165, 1.54) is 51.4 Å². The highest BCUT2D eigenvalue weighted by atomic mass is 16.5. The van der Waals surface area contributed by atoms with E-state index < -0.39 is 0 Å². The fourth-order valence-electron chi connectivity index (χ4n) is 2.65. The van der Waals surface area contributed by atoms with Gasteiger partial charge in [-0.05, 0) is 12.5 Å². The lowest BCUT2D eigenvalue weighted by Crippen LogP contribution is -2.28. The molecule has 0 aliphatic rings. The molecule has 4 heteroatoms. The topological polar surface area (TPSA) is 60.2 Å². The third kappa shape index (κ3) is 6.91. The second-order valence-corrected chi connectivity index (χ2v) is 5.58. The predicted octanol–water partition coefficient (Wildman–Crippen LogP) is 4.13. The largest absolute Gasteiger partial charge is 0.481 e. The summed E-state index contributed by atoms with van der Waals surface area (Å²) in [6, 6.07) is 4.07. The van der Waals surface area contributed by atoms with Crippen LogP contribution in [-0.4, -0.2) is 12.1 Å². The van der Waals surface area contributed by atoms with Gasteiger partial charge in [-0.25, -0.2) is 4.98 Å². The molecule has 0 radical (unpaired) electrons. The van der Waals surface area contributed by atoms with Gasteiger partial charge in [0.05, 0.1) is 13.2 Å². The van der Waals surface area contributed by atoms with Crippen LogP contribution in [0.1, 0.15) is 76.3 Å². The molecule has 0 saturated heterocycles. The molecule has 1 aromatic heterocycles. The van der Waals surface area contributed by atoms with Crippen molar-refractivity contribution >= 4 is 0 Å². The smallest absolute Gasteiger partial charge is 0.217 e. The summed E-state index contributed by atoms with van der Waals surface area (Å²) >= 11 is 0. The lowest BCUT2D eigenvalue weighted by Gasteiger charge is -2.18. The number of unbranched alkanes of at least 4 members (excludes halogenated alkanes) is 7. The molecule has 1 heterocycles. The molecule has 1 aromatic rings. The minimum absolute atomic E-state index is 0.119. The molecule has 0 amide bonds. The Balaban J connectivity index is 2.25. The first-order valence-corrected chi connectivity index (χ1v) is 8.28. The van der Waals surface area contributed by atoms with Gasteiger partial charge in [0.1, 0.15) is 0 Å². The maximum Gasteiger partial charge on any atom is 0.217 e. The molecular weight excluding hydrogens is 262 g/mol. The number of rotatable bonds is 12. The Kier molecular flexibility index (Phi) is 9.83. The number of nitrogens with two attached hydrogens (primary N) is 1. The van der Waals surface area contributed by atoms with Crippen molar-refractivity contribution in [2.45, 2.75) is 70.8 Å². The maximum absolute atomic E-state index is 5.69. The molecule has 21 heavy (non-hydrogen) atoms. The maximum atomic E-state index is 5.69. The molecular formula is C17H31N3O. The number of methoxy groups -OCH3 is 1. The highest BCUT2D eigenvalue weighted by molar-refractivity contribution is 5.28. The summed E-state index contributed by atoms with van der Waals surface area (Å²) < 4.78 is 5.30. The zero-order valence-electron chi connectivity index (χ0n) is 13.6. The summed E-state index contributed by atoms with van der Waals surface area (Å²) in [5, 5.41) is 0. The van der Waals surface area contributed by atoms with Gasteiger partial charge < -0.3 is 4.74 Å². The van der Waals surface area contributed by atoms with Gasteiger partial charge in [-0.1, -0.05) is 64.4 Å². The van der Waals surface area contributed by atoms with Gasteiger partial charge in [-0.3, -0.25) is 11.3 Å². The van der Waals surface area contributed by atoms with Crippen LogP contribution in [0.15, 0.2) is 18.3 Å². The van der Waals surface area contributed by atoms with Crippen LogP contribution in [0, 0.1) is 0 Å². The van der Waals surface area contributed by atoms with Crippen LogP contribution in [0.5, 0.6) is 5.88 Å². The Morgan fingerprint density at radius 1 is 1.14 bits per heavy atom. The van der Waals surface area contributed by atoms with E-state index >= 15 is 0 Å². The van der Waals surface area contributed by atoms with Gasteiger partial charge in [-0.2, -0.15) is 0 Å². The van der Waals surface area contributed by atoms with E-state index in [4.69, 9.17) is 10.6 Å². The Morgan fingerprint density at radius 3 is 2.43 bits per heavy atom. The minimum Gasteiger partial charge on any atom is -0.481 e. The summed E-state index contributed by atoms with van der Waals surface area (Å²) in [5.41, 5.74) is 3.94. The predicted molar refractivity (Wildman–Crippen MR) is 88.1 cm³/mol. The number of hydrazine groups is 1. The molecule has 1 rings (SSSR count). The molecule has 0 fully saturated rings. The summed E-state index contributed by atoms with van der Waals surface area (Å²) in [6.07, 6.45) is 13.4. The van der Waals surface area contributed by atoms with Crippen molar-refractivity contribution in [3.8, 4) is 5.88 Å². The first kappa shape index (κ1) is 17.9. The molecule has 3 N–H and O–H groups in total. The lowest BCUT2D eigenvalue weighted by atomic mass is 10.0. The number of hydrogen-bond acceptors (Lipinski definition) is 4. The van der Waals surface area contributed by atoms with Crippen molar-refractivity contribution < 1.29 is 4.74 Å². The molecule has 1 atom stereocenters. The van der Waals surface area contributed by atoms with E-state index in [-0.39, 0.29) is 6.04 Å². The number of ether oxygens (including phenoxy) is 1. The second kappa shape index (κ2) is 11.5. The number of aromatic nitrogens is 1. The van der Waals surface area contributed by atoms with Crippen molar-refractivity contribution in [2.75, 3.05) is 7.11 Å². The van der Waals surface area contributed by atoms with Gasteiger partial charge in [-0.15, -0.1) is 0 Å². The highest BCUT2D eigenvalue weighted by Gasteiger charge is 2.14. The van der Waals surface area contributed by atoms with Crippen LogP contribution in [0.4, 0.5) is 0 Å². The van der Waals surface area contributed by atoms with Crippen molar-refractivity contribution in [1.82, 2.24) is 10.4 Å². The molecule has 1 unspecified atom stereocenters. The standard InChI is InChI=1S/C17H31N3O/c1-3-4-5-6-7-8-9-10-13-16(20-18)15-12-11-14-19-17(15)21-2/h11-12,14,16,20H,3-10,13,18H2,1-2H3. The van der Waals surface area contributed by atoms with Gasteiger partial charge in [0.15, 0.2) is 0 Å². The third-order valence-electron chi connectivity index (χ3n) is 3.92. The van der Waals surface area contributed by atoms with E-state index in [0.717, 1.165) is 12.0 Å². The van der Waals surface area contributed by atoms with E-state index in [2.05, 4.69) is 17.3 Å². The number of hydrogen-bond donors (Lipinski definition) is 2. The van der Waals surface area contributed by atoms with Crippen LogP contribution >= 0.6 is 0 Å². The van der Waals surface area contributed by atoms with E-state index in [1.807, 2.05) is 12.1 Å². The average Bonchev–Trinajstić information content (AvgIpc) is 2.53. The molecule has 120 valence electrons. The fraction of sp³-hybridized carbons (Fsp3) is 0.706. The lowest BCUT2D eigenvalue weighted by molar-refractivity contribution is 0.377. The monoisotopic (exact) mass is 293 g/mol. The zero-order valence-corrected chi connectivity index (χ0v) is 13.6. The van der Waals surface area contributed by atoms with Gasteiger partial charge in [0.2, 0.25) is 5.88 Å². The molecule has 0 aliphatic carbocycles. The van der Waals surface area contributed by atoms with Crippen molar-refractivity contribution in [2.24, 2.45) is 5.84 Å². The number of nitrogens with one attached hydrogen (secondary N) is 1. The van der Waals surface area contributed by atoms with Crippen molar-refractivity contribution in [3.63, 3.8) is 0 Å². The highest BCUT2D eigenvalue weighted by Crippen LogP contribution is 2.26. The van der Waals surface area contributed by atoms with E-state index in [0.29, 0.717) is 5.88 Å².